The largest absolute Gasteiger partial charge is 0.305 e. The molecule has 5 rings (SSSR count). The molecule has 0 spiro atoms. The Labute approximate surface area is 219 Å². The smallest absolute Gasteiger partial charge is 0.0518 e. The summed E-state index contributed by atoms with van der Waals surface area (Å²) in [7, 11) is 0. The molecule has 34 heavy (non-hydrogen) atoms. The summed E-state index contributed by atoms with van der Waals surface area (Å²) in [6, 6.07) is 33.2. The Kier molecular flexibility index (Phi) is 7.88. The number of nitrogens with zero attached hydrogens (tertiary/aromatic N) is 3. The Balaban J connectivity index is 0.000000205. The standard InChI is InChI=1S/C18H15N2.C12H10N.Ir/c1-2-14-9-11-20-18(12-14)16-7-5-6-15(13-16)17-8-3-4-10-19-17;1-10-7-8-12(13-9-10)11-5-3-2-4-6-11;/h3-6,8-13H,2H2,1H3;2-5,7-9H,1H3;/q2*-1;/i;1D3;. The summed E-state index contributed by atoms with van der Waals surface area (Å²) in [6.45, 7) is 0.0546. The van der Waals surface area contributed by atoms with Crippen molar-refractivity contribution in [1.29, 1.82) is 0 Å². The predicted molar refractivity (Wildman–Crippen MR) is 134 cm³/mol. The third-order valence-electron chi connectivity index (χ3n) is 5.02. The second-order valence-corrected chi connectivity index (χ2v) is 7.32. The summed E-state index contributed by atoms with van der Waals surface area (Å²) in [6.07, 6.45) is 6.07. The molecule has 0 saturated carbocycles. The van der Waals surface area contributed by atoms with Crippen LogP contribution in [0.1, 0.15) is 22.2 Å². The van der Waals surface area contributed by atoms with Gasteiger partial charge in [0.2, 0.25) is 0 Å². The van der Waals surface area contributed by atoms with E-state index in [4.69, 9.17) is 4.11 Å². The van der Waals surface area contributed by atoms with Gasteiger partial charge in [-0.1, -0.05) is 42.3 Å². The van der Waals surface area contributed by atoms with E-state index in [1.165, 1.54) is 11.8 Å². The van der Waals surface area contributed by atoms with E-state index in [0.29, 0.717) is 0 Å². The summed E-state index contributed by atoms with van der Waals surface area (Å²) in [5.74, 6) is 0. The Morgan fingerprint density at radius 1 is 0.735 bits per heavy atom. The van der Waals surface area contributed by atoms with Crippen molar-refractivity contribution in [2.24, 2.45) is 0 Å². The minimum absolute atomic E-state index is 0. The Morgan fingerprint density at radius 2 is 1.59 bits per heavy atom. The van der Waals surface area contributed by atoms with Crippen LogP contribution in [0.2, 0.25) is 0 Å². The first-order valence-electron chi connectivity index (χ1n) is 12.3. The summed E-state index contributed by atoms with van der Waals surface area (Å²) < 4.78 is 21.7. The zero-order valence-electron chi connectivity index (χ0n) is 21.7. The molecule has 5 aromatic rings. The number of hydrogen-bond acceptors (Lipinski definition) is 3. The van der Waals surface area contributed by atoms with Crippen LogP contribution in [0.5, 0.6) is 0 Å². The van der Waals surface area contributed by atoms with E-state index in [9.17, 15) is 0 Å². The van der Waals surface area contributed by atoms with Crippen molar-refractivity contribution >= 4 is 0 Å². The van der Waals surface area contributed by atoms with Gasteiger partial charge < -0.3 is 9.97 Å². The van der Waals surface area contributed by atoms with E-state index >= 15 is 0 Å². The van der Waals surface area contributed by atoms with Crippen LogP contribution in [0, 0.1) is 19.0 Å². The second kappa shape index (κ2) is 12.7. The van der Waals surface area contributed by atoms with E-state index in [1.807, 2.05) is 67.0 Å². The molecule has 171 valence electrons. The topological polar surface area (TPSA) is 38.7 Å². The minimum Gasteiger partial charge on any atom is -0.305 e. The first-order chi connectivity index (χ1) is 17.4. The molecule has 1 radical (unpaired) electrons. The zero-order chi connectivity index (χ0) is 25.4. The third-order valence-corrected chi connectivity index (χ3v) is 5.02. The number of benzene rings is 2. The molecular formula is C30H25IrN3-2. The van der Waals surface area contributed by atoms with Gasteiger partial charge in [-0.05, 0) is 48.4 Å². The monoisotopic (exact) mass is 623 g/mol. The van der Waals surface area contributed by atoms with Crippen molar-refractivity contribution < 1.29 is 24.2 Å². The molecule has 0 amide bonds. The van der Waals surface area contributed by atoms with Crippen LogP contribution in [0.4, 0.5) is 0 Å². The van der Waals surface area contributed by atoms with E-state index in [2.05, 4.69) is 46.1 Å². The molecule has 0 aliphatic carbocycles. The number of aryl methyl sites for hydroxylation is 2. The molecule has 4 heteroatoms. The maximum Gasteiger partial charge on any atom is 0.0518 e. The second-order valence-electron chi connectivity index (χ2n) is 7.32. The van der Waals surface area contributed by atoms with Crippen molar-refractivity contribution in [2.75, 3.05) is 0 Å². The van der Waals surface area contributed by atoms with Gasteiger partial charge in [0.15, 0.2) is 0 Å². The fourth-order valence-corrected chi connectivity index (χ4v) is 3.25. The molecule has 0 fully saturated rings. The van der Waals surface area contributed by atoms with E-state index in [0.717, 1.165) is 40.2 Å². The molecule has 0 saturated heterocycles. The van der Waals surface area contributed by atoms with Crippen molar-refractivity contribution in [3.8, 4) is 33.8 Å². The molecule has 3 aromatic heterocycles. The van der Waals surface area contributed by atoms with Gasteiger partial charge in [-0.15, -0.1) is 65.7 Å². The van der Waals surface area contributed by atoms with Gasteiger partial charge >= 0.3 is 0 Å². The fraction of sp³-hybridized carbons (Fsp3) is 0.100. The maximum atomic E-state index is 7.23. The summed E-state index contributed by atoms with van der Waals surface area (Å²) in [5.41, 5.74) is 7.15. The molecule has 0 unspecified atom stereocenters. The molecule has 3 nitrogen and oxygen atoms in total. The van der Waals surface area contributed by atoms with Crippen molar-refractivity contribution in [2.45, 2.75) is 20.2 Å². The third kappa shape index (κ3) is 6.77. The summed E-state index contributed by atoms with van der Waals surface area (Å²) in [4.78, 5) is 12.9. The molecule has 0 aliphatic rings. The summed E-state index contributed by atoms with van der Waals surface area (Å²) in [5, 5.41) is 0. The molecule has 3 heterocycles. The first kappa shape index (κ1) is 21.1. The Bertz CT molecular complexity index is 1390. The Morgan fingerprint density at radius 3 is 2.29 bits per heavy atom. The van der Waals surface area contributed by atoms with Gasteiger partial charge in [-0.2, -0.15) is 0 Å². The van der Waals surface area contributed by atoms with Crippen LogP contribution < -0.4 is 0 Å². The molecule has 2 aromatic carbocycles. The van der Waals surface area contributed by atoms with E-state index in [1.54, 1.807) is 18.2 Å². The van der Waals surface area contributed by atoms with Gasteiger partial charge in [0.1, 0.15) is 0 Å². The molecule has 0 N–H and O–H groups in total. The van der Waals surface area contributed by atoms with Crippen LogP contribution in [-0.4, -0.2) is 15.0 Å². The van der Waals surface area contributed by atoms with Gasteiger partial charge in [0, 0.05) is 42.8 Å². The van der Waals surface area contributed by atoms with Crippen molar-refractivity contribution in [1.82, 2.24) is 15.0 Å². The number of pyridine rings is 3. The Hall–Kier alpha value is -3.46. The van der Waals surface area contributed by atoms with Crippen molar-refractivity contribution in [3.05, 3.63) is 127 Å². The number of hydrogen-bond donors (Lipinski definition) is 0. The maximum absolute atomic E-state index is 7.23. The number of rotatable bonds is 4. The quantitative estimate of drug-likeness (QED) is 0.202. The van der Waals surface area contributed by atoms with Crippen LogP contribution in [-0.2, 0) is 26.5 Å². The molecule has 0 bridgehead atoms. The SMILES string of the molecule is CCc1ccnc(-c2[c-]ccc(-c3ccccn3)c2)c1.[2H]C([2H])([2H])c1ccc(-c2[c-]cccc2)nc1.[Ir]. The average Bonchev–Trinajstić information content (AvgIpc) is 2.94. The number of aromatic nitrogens is 3. The van der Waals surface area contributed by atoms with Gasteiger partial charge in [-0.3, -0.25) is 4.98 Å². The van der Waals surface area contributed by atoms with E-state index < -0.39 is 6.85 Å². The van der Waals surface area contributed by atoms with Gasteiger partial charge in [0.05, 0.1) is 5.69 Å². The first-order valence-corrected chi connectivity index (χ1v) is 10.8. The van der Waals surface area contributed by atoms with Crippen LogP contribution in [0.25, 0.3) is 33.8 Å². The van der Waals surface area contributed by atoms with Gasteiger partial charge in [0.25, 0.3) is 0 Å². The molecule has 0 aliphatic heterocycles. The predicted octanol–water partition coefficient (Wildman–Crippen LogP) is 7.03. The molecule has 0 atom stereocenters. The zero-order valence-corrected chi connectivity index (χ0v) is 21.1. The average molecular weight is 623 g/mol. The molecular weight excluding hydrogens is 595 g/mol. The van der Waals surface area contributed by atoms with Crippen LogP contribution in [0.15, 0.2) is 104 Å². The minimum atomic E-state index is -2.09. The summed E-state index contributed by atoms with van der Waals surface area (Å²) >= 11 is 0. The fourth-order valence-electron chi connectivity index (χ4n) is 3.25. The van der Waals surface area contributed by atoms with Crippen LogP contribution in [0.3, 0.4) is 0 Å². The van der Waals surface area contributed by atoms with E-state index in [-0.39, 0.29) is 25.7 Å². The normalized spacial score (nSPS) is 11.6. The van der Waals surface area contributed by atoms with Crippen LogP contribution >= 0.6 is 0 Å². The van der Waals surface area contributed by atoms with Gasteiger partial charge in [-0.25, -0.2) is 0 Å². The van der Waals surface area contributed by atoms with Crippen molar-refractivity contribution in [3.63, 3.8) is 0 Å².